The van der Waals surface area contributed by atoms with E-state index in [9.17, 15) is 24.6 Å². The van der Waals surface area contributed by atoms with Crippen molar-refractivity contribution in [1.82, 2.24) is 9.80 Å². The van der Waals surface area contributed by atoms with E-state index in [1.165, 1.54) is 4.90 Å². The first kappa shape index (κ1) is 23.7. The molecule has 1 spiro atoms. The second-order valence-corrected chi connectivity index (χ2v) is 9.55. The Morgan fingerprint density at radius 1 is 1.39 bits per heavy atom. The van der Waals surface area contributed by atoms with Crippen LogP contribution in [0.4, 0.5) is 0 Å². The van der Waals surface area contributed by atoms with Crippen LogP contribution in [0.3, 0.4) is 0 Å². The Balaban J connectivity index is 2.11. The molecule has 31 heavy (non-hydrogen) atoms. The predicted octanol–water partition coefficient (Wildman–Crippen LogP) is 1.67. The van der Waals surface area contributed by atoms with Crippen molar-refractivity contribution in [2.24, 2.45) is 17.8 Å². The van der Waals surface area contributed by atoms with E-state index in [-0.39, 0.29) is 30.4 Å². The summed E-state index contributed by atoms with van der Waals surface area (Å²) in [6, 6.07) is -1.60. The van der Waals surface area contributed by atoms with E-state index in [1.807, 2.05) is 27.7 Å². The number of carbonyl (C=O) groups excluding carboxylic acids is 2. The molecule has 0 aliphatic carbocycles. The summed E-state index contributed by atoms with van der Waals surface area (Å²) in [4.78, 5) is 42.9. The minimum absolute atomic E-state index is 0.0663. The number of hydrogen-bond acceptors (Lipinski definition) is 5. The fraction of sp³-hybridized carbons (Fsp3) is 0.783. The molecule has 3 aliphatic heterocycles. The Labute approximate surface area is 184 Å². The average molecular weight is 437 g/mol. The zero-order valence-corrected chi connectivity index (χ0v) is 19.0. The topological polar surface area (TPSA) is 107 Å². The van der Waals surface area contributed by atoms with Crippen molar-refractivity contribution in [1.29, 1.82) is 0 Å². The largest absolute Gasteiger partial charge is 0.481 e. The third kappa shape index (κ3) is 3.57. The summed E-state index contributed by atoms with van der Waals surface area (Å²) in [6.07, 6.45) is 3.77. The van der Waals surface area contributed by atoms with Gasteiger partial charge in [0, 0.05) is 12.6 Å². The lowest BCUT2D eigenvalue weighted by molar-refractivity contribution is -0.155. The normalized spacial score (nSPS) is 33.5. The number of carbonyl (C=O) groups is 3. The maximum atomic E-state index is 14.0. The number of hydrogen-bond donors (Lipinski definition) is 2. The van der Waals surface area contributed by atoms with Crippen LogP contribution >= 0.6 is 0 Å². The van der Waals surface area contributed by atoms with Crippen LogP contribution in [0.2, 0.25) is 0 Å². The van der Waals surface area contributed by atoms with Gasteiger partial charge in [0.25, 0.3) is 0 Å². The number of aliphatic hydroxyl groups excluding tert-OH is 1. The first-order valence-corrected chi connectivity index (χ1v) is 11.4. The van der Waals surface area contributed by atoms with Crippen molar-refractivity contribution in [2.75, 3.05) is 13.2 Å². The minimum atomic E-state index is -1.16. The number of likely N-dealkylation sites (tertiary alicyclic amines) is 1. The molecule has 0 aromatic rings. The first-order chi connectivity index (χ1) is 14.7. The van der Waals surface area contributed by atoms with Crippen LogP contribution in [0.25, 0.3) is 0 Å². The second-order valence-electron chi connectivity index (χ2n) is 9.55. The molecular weight excluding hydrogens is 400 g/mol. The lowest BCUT2D eigenvalue weighted by Crippen LogP contribution is -2.60. The molecule has 0 saturated carbocycles. The number of fused-ring (bicyclic) bond motifs is 1. The summed E-state index contributed by atoms with van der Waals surface area (Å²) in [5.41, 5.74) is -1.16. The molecule has 3 aliphatic rings. The van der Waals surface area contributed by atoms with Gasteiger partial charge in [0.2, 0.25) is 11.8 Å². The summed E-state index contributed by atoms with van der Waals surface area (Å²) >= 11 is 0. The smallest absolute Gasteiger partial charge is 0.310 e. The molecule has 0 radical (unpaired) electrons. The van der Waals surface area contributed by atoms with E-state index in [0.29, 0.717) is 19.4 Å². The SMILES string of the molecule is C=CCN(C(=O)C1N([C@@H](CO)C(C)C)C(=O)[C@@H]2[C@H](C(=O)O)[C@@H]3CCC12O3)C(C)CCC. The van der Waals surface area contributed by atoms with Crippen molar-refractivity contribution in [2.45, 2.75) is 83.2 Å². The van der Waals surface area contributed by atoms with Crippen molar-refractivity contribution in [3.63, 3.8) is 0 Å². The summed E-state index contributed by atoms with van der Waals surface area (Å²) in [7, 11) is 0. The van der Waals surface area contributed by atoms with Gasteiger partial charge in [-0.05, 0) is 32.1 Å². The van der Waals surface area contributed by atoms with Crippen molar-refractivity contribution < 1.29 is 29.3 Å². The van der Waals surface area contributed by atoms with Gasteiger partial charge >= 0.3 is 5.97 Å². The van der Waals surface area contributed by atoms with Crippen LogP contribution in [-0.2, 0) is 19.1 Å². The van der Waals surface area contributed by atoms with Gasteiger partial charge in [-0.1, -0.05) is 33.3 Å². The van der Waals surface area contributed by atoms with Gasteiger partial charge in [0.1, 0.15) is 11.6 Å². The minimum Gasteiger partial charge on any atom is -0.481 e. The fourth-order valence-corrected chi connectivity index (χ4v) is 5.99. The monoisotopic (exact) mass is 436 g/mol. The first-order valence-electron chi connectivity index (χ1n) is 11.4. The van der Waals surface area contributed by atoms with Crippen LogP contribution in [0.1, 0.15) is 53.4 Å². The third-order valence-corrected chi connectivity index (χ3v) is 7.42. The molecule has 2 amide bonds. The number of ether oxygens (including phenoxy) is 1. The number of aliphatic carboxylic acids is 1. The standard InChI is InChI=1S/C23H36N2O6/c1-6-8-14(5)24(11-7-2)21(28)19-23-10-9-16(31-23)17(22(29)30)18(23)20(27)25(19)15(12-26)13(3)4/h7,13-19,26H,2,6,8-12H2,1,3-5H3,(H,29,30)/t14?,15-,16-,17+,18-,19?,23?/m0/s1. The van der Waals surface area contributed by atoms with Gasteiger partial charge in [-0.15, -0.1) is 6.58 Å². The molecule has 3 rings (SSSR count). The Morgan fingerprint density at radius 2 is 2.06 bits per heavy atom. The molecule has 3 fully saturated rings. The van der Waals surface area contributed by atoms with Crippen molar-refractivity contribution in [3.8, 4) is 0 Å². The lowest BCUT2D eigenvalue weighted by Gasteiger charge is -2.41. The molecule has 0 aromatic carbocycles. The molecule has 0 aromatic heterocycles. The number of nitrogens with zero attached hydrogens (tertiary/aromatic N) is 2. The predicted molar refractivity (Wildman–Crippen MR) is 114 cm³/mol. The Hall–Kier alpha value is -1.93. The summed E-state index contributed by atoms with van der Waals surface area (Å²) < 4.78 is 6.24. The summed E-state index contributed by atoms with van der Waals surface area (Å²) in [5.74, 6) is -3.68. The number of rotatable bonds is 10. The van der Waals surface area contributed by atoms with Crippen molar-refractivity contribution >= 4 is 17.8 Å². The summed E-state index contributed by atoms with van der Waals surface area (Å²) in [5, 5.41) is 20.0. The van der Waals surface area contributed by atoms with E-state index in [4.69, 9.17) is 4.74 Å². The molecular formula is C23H36N2O6. The Kier molecular flexibility index (Phi) is 6.81. The van der Waals surface area contributed by atoms with Crippen LogP contribution in [0.15, 0.2) is 12.7 Å². The number of carboxylic acid groups (broad SMARTS) is 1. The van der Waals surface area contributed by atoms with Crippen LogP contribution in [0, 0.1) is 17.8 Å². The summed E-state index contributed by atoms with van der Waals surface area (Å²) in [6.45, 7) is 11.6. The molecule has 8 nitrogen and oxygen atoms in total. The third-order valence-electron chi connectivity index (χ3n) is 7.42. The number of carboxylic acids is 1. The molecule has 3 heterocycles. The van der Waals surface area contributed by atoms with Gasteiger partial charge in [0.15, 0.2) is 0 Å². The van der Waals surface area contributed by atoms with E-state index >= 15 is 0 Å². The molecule has 2 N–H and O–H groups in total. The molecule has 8 heteroatoms. The van der Waals surface area contributed by atoms with Crippen LogP contribution in [-0.4, -0.2) is 80.8 Å². The maximum Gasteiger partial charge on any atom is 0.310 e. The highest BCUT2D eigenvalue weighted by Gasteiger charge is 2.75. The van der Waals surface area contributed by atoms with Crippen LogP contribution < -0.4 is 0 Å². The van der Waals surface area contributed by atoms with E-state index in [0.717, 1.165) is 12.8 Å². The Bertz CT molecular complexity index is 740. The molecule has 3 unspecified atom stereocenters. The highest BCUT2D eigenvalue weighted by Crippen LogP contribution is 2.59. The highest BCUT2D eigenvalue weighted by atomic mass is 16.5. The van der Waals surface area contributed by atoms with Gasteiger partial charge < -0.3 is 24.7 Å². The zero-order valence-electron chi connectivity index (χ0n) is 19.0. The van der Waals surface area contributed by atoms with E-state index < -0.39 is 41.6 Å². The van der Waals surface area contributed by atoms with Crippen LogP contribution in [0.5, 0.6) is 0 Å². The second kappa shape index (κ2) is 8.90. The molecule has 174 valence electrons. The van der Waals surface area contributed by atoms with Gasteiger partial charge in [-0.3, -0.25) is 14.4 Å². The van der Waals surface area contributed by atoms with Gasteiger partial charge in [-0.2, -0.15) is 0 Å². The van der Waals surface area contributed by atoms with Gasteiger partial charge in [0.05, 0.1) is 30.6 Å². The molecule has 2 bridgehead atoms. The molecule has 3 saturated heterocycles. The quantitative estimate of drug-likeness (QED) is 0.505. The van der Waals surface area contributed by atoms with Gasteiger partial charge in [-0.25, -0.2) is 0 Å². The number of aliphatic hydroxyl groups is 1. The Morgan fingerprint density at radius 3 is 2.58 bits per heavy atom. The highest BCUT2D eigenvalue weighted by molar-refractivity contribution is 5.98. The van der Waals surface area contributed by atoms with Crippen molar-refractivity contribution in [3.05, 3.63) is 12.7 Å². The number of amides is 2. The van der Waals surface area contributed by atoms with E-state index in [2.05, 4.69) is 6.58 Å². The average Bonchev–Trinajstić information content (AvgIpc) is 3.34. The maximum absolute atomic E-state index is 14.0. The molecule has 7 atom stereocenters. The zero-order chi connectivity index (χ0) is 23.1. The van der Waals surface area contributed by atoms with E-state index in [1.54, 1.807) is 11.0 Å². The lowest BCUT2D eigenvalue weighted by atomic mass is 9.70. The fourth-order valence-electron chi connectivity index (χ4n) is 5.99.